The molecule has 0 bridgehead atoms. The lowest BCUT2D eigenvalue weighted by Crippen LogP contribution is -2.37. The van der Waals surface area contributed by atoms with Gasteiger partial charge in [0.1, 0.15) is 0 Å². The summed E-state index contributed by atoms with van der Waals surface area (Å²) in [4.78, 5) is 11.6. The Kier molecular flexibility index (Phi) is 4.45. The third kappa shape index (κ3) is 2.88. The molecule has 25 heavy (non-hydrogen) atoms. The minimum Gasteiger partial charge on any atom is -0.481 e. The number of hydrogen-bond acceptors (Lipinski definition) is 5. The van der Waals surface area contributed by atoms with Crippen molar-refractivity contribution in [3.8, 4) is 0 Å². The quantitative estimate of drug-likeness (QED) is 0.817. The van der Waals surface area contributed by atoms with Crippen molar-refractivity contribution in [2.24, 2.45) is 11.3 Å². The van der Waals surface area contributed by atoms with Gasteiger partial charge in [-0.25, -0.2) is 16.8 Å². The summed E-state index contributed by atoms with van der Waals surface area (Å²) in [6, 6.07) is 5.29. The smallest absolute Gasteiger partial charge is 0.311 e. The third-order valence-corrected chi connectivity index (χ3v) is 8.99. The van der Waals surface area contributed by atoms with E-state index >= 15 is 0 Å². The van der Waals surface area contributed by atoms with Crippen molar-refractivity contribution in [1.29, 1.82) is 0 Å². The third-order valence-electron chi connectivity index (χ3n) is 5.45. The van der Waals surface area contributed by atoms with Crippen LogP contribution in [0.2, 0.25) is 0 Å². The Morgan fingerprint density at radius 3 is 2.56 bits per heavy atom. The molecule has 0 amide bonds. The maximum atomic E-state index is 12.9. The number of nitrogens with zero attached hydrogens (tertiary/aromatic N) is 1. The summed E-state index contributed by atoms with van der Waals surface area (Å²) in [7, 11) is -7.46. The number of aliphatic carboxylic acids is 1. The van der Waals surface area contributed by atoms with E-state index in [1.54, 1.807) is 0 Å². The zero-order chi connectivity index (χ0) is 18.5. The summed E-state index contributed by atoms with van der Waals surface area (Å²) >= 11 is 0. The Morgan fingerprint density at radius 1 is 1.28 bits per heavy atom. The number of carboxylic acid groups (broad SMARTS) is 1. The van der Waals surface area contributed by atoms with Crippen LogP contribution in [0.5, 0.6) is 0 Å². The molecule has 2 aliphatic rings. The SMILES string of the molecule is CCS(=O)(=O)c1cccc(S(=O)(=O)N2C[C@@H]3CCC[C@@]3(C(=O)O)C2)c1. The van der Waals surface area contributed by atoms with Gasteiger partial charge in [0, 0.05) is 13.1 Å². The number of hydrogen-bond donors (Lipinski definition) is 1. The Balaban J connectivity index is 1.96. The average Bonchev–Trinajstić information content (AvgIpc) is 3.13. The first-order valence-corrected chi connectivity index (χ1v) is 11.3. The zero-order valence-electron chi connectivity index (χ0n) is 13.9. The highest BCUT2D eigenvalue weighted by atomic mass is 32.2. The molecule has 1 aromatic carbocycles. The van der Waals surface area contributed by atoms with E-state index in [9.17, 15) is 26.7 Å². The molecule has 2 atom stereocenters. The van der Waals surface area contributed by atoms with E-state index in [-0.39, 0.29) is 34.6 Å². The van der Waals surface area contributed by atoms with Gasteiger partial charge in [-0.1, -0.05) is 19.4 Å². The molecular formula is C16H21NO6S2. The Labute approximate surface area is 147 Å². The van der Waals surface area contributed by atoms with Crippen LogP contribution in [0, 0.1) is 11.3 Å². The van der Waals surface area contributed by atoms with E-state index in [0.717, 1.165) is 12.5 Å². The van der Waals surface area contributed by atoms with Crippen molar-refractivity contribution >= 4 is 25.8 Å². The van der Waals surface area contributed by atoms with Gasteiger partial charge in [-0.15, -0.1) is 0 Å². The molecule has 0 radical (unpaired) electrons. The van der Waals surface area contributed by atoms with Gasteiger partial charge in [-0.3, -0.25) is 4.79 Å². The number of rotatable bonds is 5. The lowest BCUT2D eigenvalue weighted by molar-refractivity contribution is -0.149. The van der Waals surface area contributed by atoms with Gasteiger partial charge in [-0.05, 0) is 37.0 Å². The summed E-state index contributed by atoms with van der Waals surface area (Å²) in [6.07, 6.45) is 1.96. The summed E-state index contributed by atoms with van der Waals surface area (Å²) in [5, 5.41) is 9.61. The number of fused-ring (bicyclic) bond motifs is 1. The van der Waals surface area contributed by atoms with Crippen molar-refractivity contribution in [3.63, 3.8) is 0 Å². The average molecular weight is 387 g/mol. The predicted molar refractivity (Wildman–Crippen MR) is 90.3 cm³/mol. The highest BCUT2D eigenvalue weighted by Crippen LogP contribution is 2.50. The zero-order valence-corrected chi connectivity index (χ0v) is 15.5. The Morgan fingerprint density at radius 2 is 1.96 bits per heavy atom. The van der Waals surface area contributed by atoms with Crippen LogP contribution < -0.4 is 0 Å². The number of sulfone groups is 1. The molecule has 1 aliphatic carbocycles. The standard InChI is InChI=1S/C16H21NO6S2/c1-2-24(20,21)13-6-3-7-14(9-13)25(22,23)17-10-12-5-4-8-16(12,11-17)15(18)19/h3,6-7,9,12H,2,4-5,8,10-11H2,1H3,(H,18,19)/t12-,16+/m0/s1. The second-order valence-corrected chi connectivity index (χ2v) is 10.9. The van der Waals surface area contributed by atoms with Crippen molar-refractivity contribution < 1.29 is 26.7 Å². The fraction of sp³-hybridized carbons (Fsp3) is 0.562. The normalized spacial score (nSPS) is 27.3. The lowest BCUT2D eigenvalue weighted by atomic mass is 9.81. The van der Waals surface area contributed by atoms with E-state index in [0.29, 0.717) is 12.8 Å². The molecule has 1 saturated heterocycles. The lowest BCUT2D eigenvalue weighted by Gasteiger charge is -2.23. The fourth-order valence-corrected chi connectivity index (χ4v) is 6.52. The molecule has 2 fully saturated rings. The molecule has 0 aromatic heterocycles. The van der Waals surface area contributed by atoms with Crippen molar-refractivity contribution in [1.82, 2.24) is 4.31 Å². The fourth-order valence-electron chi connectivity index (χ4n) is 3.92. The number of carboxylic acids is 1. The summed E-state index contributed by atoms with van der Waals surface area (Å²) in [5.41, 5.74) is -1.01. The molecule has 1 aromatic rings. The molecule has 7 nitrogen and oxygen atoms in total. The van der Waals surface area contributed by atoms with E-state index in [1.807, 2.05) is 0 Å². The van der Waals surface area contributed by atoms with E-state index < -0.39 is 31.2 Å². The van der Waals surface area contributed by atoms with Gasteiger partial charge >= 0.3 is 5.97 Å². The molecule has 1 heterocycles. The van der Waals surface area contributed by atoms with Crippen LogP contribution in [0.3, 0.4) is 0 Å². The van der Waals surface area contributed by atoms with Crippen LogP contribution in [-0.4, -0.2) is 51.1 Å². The van der Waals surface area contributed by atoms with Crippen LogP contribution in [0.15, 0.2) is 34.1 Å². The molecule has 138 valence electrons. The maximum absolute atomic E-state index is 12.9. The van der Waals surface area contributed by atoms with Gasteiger partial charge in [0.05, 0.1) is 21.0 Å². The molecule has 0 unspecified atom stereocenters. The second kappa shape index (κ2) is 6.07. The molecular weight excluding hydrogens is 366 g/mol. The number of sulfonamides is 1. The monoisotopic (exact) mass is 387 g/mol. The molecule has 1 saturated carbocycles. The Hall–Kier alpha value is -1.45. The maximum Gasteiger partial charge on any atom is 0.311 e. The first kappa shape index (κ1) is 18.3. The largest absolute Gasteiger partial charge is 0.481 e. The molecule has 9 heteroatoms. The minimum atomic E-state index is -3.94. The number of benzene rings is 1. The van der Waals surface area contributed by atoms with E-state index in [1.165, 1.54) is 29.4 Å². The highest BCUT2D eigenvalue weighted by molar-refractivity contribution is 7.91. The predicted octanol–water partition coefficient (Wildman–Crippen LogP) is 1.36. The van der Waals surface area contributed by atoms with E-state index in [2.05, 4.69) is 0 Å². The molecule has 3 rings (SSSR count). The first-order valence-electron chi connectivity index (χ1n) is 8.20. The van der Waals surface area contributed by atoms with Gasteiger partial charge < -0.3 is 5.11 Å². The van der Waals surface area contributed by atoms with Crippen LogP contribution >= 0.6 is 0 Å². The van der Waals surface area contributed by atoms with E-state index in [4.69, 9.17) is 0 Å². The van der Waals surface area contributed by atoms with Gasteiger partial charge in [0.2, 0.25) is 10.0 Å². The van der Waals surface area contributed by atoms with Crippen molar-refractivity contribution in [2.75, 3.05) is 18.8 Å². The van der Waals surface area contributed by atoms with Gasteiger partial charge in [0.25, 0.3) is 0 Å². The number of carbonyl (C=O) groups is 1. The second-order valence-electron chi connectivity index (χ2n) is 6.73. The van der Waals surface area contributed by atoms with Gasteiger partial charge in [-0.2, -0.15) is 4.31 Å². The first-order chi connectivity index (χ1) is 11.6. The highest BCUT2D eigenvalue weighted by Gasteiger charge is 2.57. The van der Waals surface area contributed by atoms with Crippen molar-refractivity contribution in [3.05, 3.63) is 24.3 Å². The summed E-state index contributed by atoms with van der Waals surface area (Å²) < 4.78 is 51.1. The van der Waals surface area contributed by atoms with Crippen molar-refractivity contribution in [2.45, 2.75) is 36.0 Å². The topological polar surface area (TPSA) is 109 Å². The van der Waals surface area contributed by atoms with Crippen LogP contribution in [0.4, 0.5) is 0 Å². The van der Waals surface area contributed by atoms with Gasteiger partial charge in [0.15, 0.2) is 9.84 Å². The van der Waals surface area contributed by atoms with Crippen LogP contribution in [-0.2, 0) is 24.7 Å². The Bertz CT molecular complexity index is 908. The minimum absolute atomic E-state index is 0.0385. The summed E-state index contributed by atoms with van der Waals surface area (Å²) in [5.74, 6) is -1.26. The molecule has 1 N–H and O–H groups in total. The van der Waals surface area contributed by atoms with Crippen LogP contribution in [0.25, 0.3) is 0 Å². The summed E-state index contributed by atoms with van der Waals surface area (Å²) in [6.45, 7) is 1.61. The molecule has 1 aliphatic heterocycles. The van der Waals surface area contributed by atoms with Crippen LogP contribution in [0.1, 0.15) is 26.2 Å². The molecule has 0 spiro atoms.